The minimum Gasteiger partial charge on any atom is -0.298 e. The van der Waals surface area contributed by atoms with E-state index >= 15 is 0 Å². The highest BCUT2D eigenvalue weighted by atomic mass is 32.1. The molecular formula is C24H21FN2O3S. The van der Waals surface area contributed by atoms with Crippen LogP contribution in [0.1, 0.15) is 31.9 Å². The van der Waals surface area contributed by atoms with Gasteiger partial charge < -0.3 is 0 Å². The van der Waals surface area contributed by atoms with Crippen molar-refractivity contribution in [3.63, 3.8) is 0 Å². The number of halogens is 1. The van der Waals surface area contributed by atoms with Gasteiger partial charge in [-0.15, -0.1) is 11.3 Å². The predicted molar refractivity (Wildman–Crippen MR) is 122 cm³/mol. The molecule has 4 rings (SSSR count). The van der Waals surface area contributed by atoms with Gasteiger partial charge in [0.1, 0.15) is 10.6 Å². The molecule has 2 heterocycles. The second kappa shape index (κ2) is 7.74. The number of thiophene rings is 1. The van der Waals surface area contributed by atoms with Gasteiger partial charge in [0.05, 0.1) is 11.9 Å². The number of hydrogen-bond acceptors (Lipinski definition) is 4. The monoisotopic (exact) mass is 436 g/mol. The average molecular weight is 437 g/mol. The number of ketones is 1. The molecule has 5 nitrogen and oxygen atoms in total. The lowest BCUT2D eigenvalue weighted by molar-refractivity contribution is 0.0969. The Morgan fingerprint density at radius 3 is 2.42 bits per heavy atom. The summed E-state index contributed by atoms with van der Waals surface area (Å²) >= 11 is 1.34. The molecule has 7 heteroatoms. The molecule has 0 unspecified atom stereocenters. The van der Waals surface area contributed by atoms with Gasteiger partial charge in [0.15, 0.2) is 5.78 Å². The fourth-order valence-electron chi connectivity index (χ4n) is 3.67. The van der Waals surface area contributed by atoms with Gasteiger partial charge >= 0.3 is 5.69 Å². The Hall–Kier alpha value is -3.32. The number of hydrogen-bond donors (Lipinski definition) is 1. The first-order valence-corrected chi connectivity index (χ1v) is 10.6. The topological polar surface area (TPSA) is 71.9 Å². The SMILES string of the molecule is Cc1ccc(-c2c(C)sc3[nH]c(=O)n(CC(=O)c4ccc(F)c(C)c4)c(=O)c23)cc1C. The molecule has 0 aliphatic carbocycles. The van der Waals surface area contributed by atoms with Crippen LogP contribution in [0.3, 0.4) is 0 Å². The molecule has 1 N–H and O–H groups in total. The summed E-state index contributed by atoms with van der Waals surface area (Å²) in [5, 5.41) is 0.397. The van der Waals surface area contributed by atoms with Gasteiger partial charge in [0.2, 0.25) is 0 Å². The highest BCUT2D eigenvalue weighted by Crippen LogP contribution is 2.35. The zero-order valence-electron chi connectivity index (χ0n) is 17.6. The molecule has 0 atom stereocenters. The van der Waals surface area contributed by atoms with E-state index in [9.17, 15) is 18.8 Å². The van der Waals surface area contributed by atoms with Crippen molar-refractivity contribution in [2.24, 2.45) is 0 Å². The third kappa shape index (κ3) is 3.65. The molecule has 4 aromatic rings. The minimum atomic E-state index is -0.641. The number of aryl methyl sites for hydroxylation is 4. The quantitative estimate of drug-likeness (QED) is 0.473. The van der Waals surface area contributed by atoms with Crippen LogP contribution in [0, 0.1) is 33.5 Å². The molecule has 0 fully saturated rings. The van der Waals surface area contributed by atoms with E-state index in [-0.39, 0.29) is 5.56 Å². The van der Waals surface area contributed by atoms with Crippen molar-refractivity contribution < 1.29 is 9.18 Å². The molecule has 0 amide bonds. The number of benzene rings is 2. The summed E-state index contributed by atoms with van der Waals surface area (Å²) in [6, 6.07) is 9.96. The second-order valence-corrected chi connectivity index (χ2v) is 8.97. The van der Waals surface area contributed by atoms with Crippen LogP contribution in [0.5, 0.6) is 0 Å². The van der Waals surface area contributed by atoms with Crippen LogP contribution < -0.4 is 11.2 Å². The van der Waals surface area contributed by atoms with E-state index in [2.05, 4.69) is 4.98 Å². The molecule has 0 bridgehead atoms. The second-order valence-electron chi connectivity index (χ2n) is 7.75. The Morgan fingerprint density at radius 2 is 1.74 bits per heavy atom. The van der Waals surface area contributed by atoms with Gasteiger partial charge in [0.25, 0.3) is 5.56 Å². The number of fused-ring (bicyclic) bond motifs is 1. The maximum atomic E-state index is 13.5. The number of Topliss-reactive ketones (excluding diaryl/α,β-unsaturated/α-hetero) is 1. The first kappa shape index (κ1) is 20.9. The van der Waals surface area contributed by atoms with E-state index in [0.717, 1.165) is 31.7 Å². The van der Waals surface area contributed by atoms with E-state index in [4.69, 9.17) is 0 Å². The standard InChI is InChI=1S/C24H21FN2O3S/c1-12-5-6-17(9-13(12)2)20-15(4)31-22-21(20)23(29)27(24(30)26-22)11-19(28)16-7-8-18(25)14(3)10-16/h5-10H,11H2,1-4H3,(H,26,30). The van der Waals surface area contributed by atoms with Crippen LogP contribution in [0.25, 0.3) is 21.3 Å². The normalized spacial score (nSPS) is 11.3. The molecule has 0 spiro atoms. The lowest BCUT2D eigenvalue weighted by atomic mass is 9.99. The third-order valence-electron chi connectivity index (χ3n) is 5.59. The lowest BCUT2D eigenvalue weighted by Crippen LogP contribution is -2.37. The molecule has 0 saturated carbocycles. The molecule has 31 heavy (non-hydrogen) atoms. The lowest BCUT2D eigenvalue weighted by Gasteiger charge is -2.08. The Morgan fingerprint density at radius 1 is 1.00 bits per heavy atom. The van der Waals surface area contributed by atoms with Gasteiger partial charge in [-0.3, -0.25) is 19.1 Å². The molecule has 0 saturated heterocycles. The molecule has 0 radical (unpaired) electrons. The summed E-state index contributed by atoms with van der Waals surface area (Å²) in [5.41, 5.74) is 3.33. The van der Waals surface area contributed by atoms with Crippen LogP contribution in [0.4, 0.5) is 4.39 Å². The smallest absolute Gasteiger partial charge is 0.298 e. The van der Waals surface area contributed by atoms with E-state index in [1.54, 1.807) is 6.92 Å². The van der Waals surface area contributed by atoms with Gasteiger partial charge in [-0.25, -0.2) is 9.18 Å². The number of rotatable bonds is 4. The summed E-state index contributed by atoms with van der Waals surface area (Å²) in [6.07, 6.45) is 0. The van der Waals surface area contributed by atoms with Crippen molar-refractivity contribution in [1.82, 2.24) is 9.55 Å². The summed E-state index contributed by atoms with van der Waals surface area (Å²) in [5.74, 6) is -0.852. The van der Waals surface area contributed by atoms with Crippen molar-refractivity contribution in [1.29, 1.82) is 0 Å². The van der Waals surface area contributed by atoms with Crippen LogP contribution in [0.15, 0.2) is 46.0 Å². The third-order valence-corrected chi connectivity index (χ3v) is 6.61. The Bertz CT molecular complexity index is 1480. The zero-order chi connectivity index (χ0) is 22.4. The average Bonchev–Trinajstić information content (AvgIpc) is 3.05. The van der Waals surface area contributed by atoms with Crippen molar-refractivity contribution in [2.45, 2.75) is 34.2 Å². The Balaban J connectivity index is 1.86. The summed E-state index contributed by atoms with van der Waals surface area (Å²) in [4.78, 5) is 42.8. The largest absolute Gasteiger partial charge is 0.329 e. The number of nitrogens with zero attached hydrogens (tertiary/aromatic N) is 1. The summed E-state index contributed by atoms with van der Waals surface area (Å²) in [6.45, 7) is 7.07. The molecular weight excluding hydrogens is 415 g/mol. The molecule has 2 aromatic carbocycles. The van der Waals surface area contributed by atoms with Crippen molar-refractivity contribution >= 4 is 27.3 Å². The number of aromatic amines is 1. The number of carbonyl (C=O) groups excluding carboxylic acids is 1. The van der Waals surface area contributed by atoms with E-state index in [1.165, 1.54) is 29.5 Å². The fraction of sp³-hybridized carbons (Fsp3) is 0.208. The summed E-state index contributed by atoms with van der Waals surface area (Å²) < 4.78 is 14.4. The predicted octanol–water partition coefficient (Wildman–Crippen LogP) is 4.67. The number of aromatic nitrogens is 2. The van der Waals surface area contributed by atoms with Crippen LogP contribution in [-0.4, -0.2) is 15.3 Å². The fourth-order valence-corrected chi connectivity index (χ4v) is 4.73. The zero-order valence-corrected chi connectivity index (χ0v) is 18.4. The maximum Gasteiger partial charge on any atom is 0.329 e. The van der Waals surface area contributed by atoms with Crippen LogP contribution >= 0.6 is 11.3 Å². The first-order valence-electron chi connectivity index (χ1n) is 9.80. The highest BCUT2D eigenvalue weighted by molar-refractivity contribution is 7.19. The van der Waals surface area contributed by atoms with Crippen LogP contribution in [-0.2, 0) is 6.54 Å². The molecule has 158 valence electrons. The maximum absolute atomic E-state index is 13.5. The van der Waals surface area contributed by atoms with Gasteiger partial charge in [-0.05, 0) is 68.1 Å². The van der Waals surface area contributed by atoms with E-state index in [1.807, 2.05) is 39.0 Å². The number of H-pyrrole nitrogens is 1. The molecule has 0 aliphatic rings. The van der Waals surface area contributed by atoms with E-state index < -0.39 is 29.4 Å². The Labute approximate surface area is 181 Å². The van der Waals surface area contributed by atoms with Gasteiger partial charge in [-0.2, -0.15) is 0 Å². The van der Waals surface area contributed by atoms with Crippen LogP contribution in [0.2, 0.25) is 0 Å². The van der Waals surface area contributed by atoms with E-state index in [0.29, 0.717) is 15.8 Å². The van der Waals surface area contributed by atoms with Crippen molar-refractivity contribution in [3.8, 4) is 11.1 Å². The van der Waals surface area contributed by atoms with Gasteiger partial charge in [-0.1, -0.05) is 18.2 Å². The summed E-state index contributed by atoms with van der Waals surface area (Å²) in [7, 11) is 0. The molecule has 0 aliphatic heterocycles. The number of nitrogens with one attached hydrogen (secondary N) is 1. The molecule has 2 aromatic heterocycles. The van der Waals surface area contributed by atoms with Crippen molar-refractivity contribution in [2.75, 3.05) is 0 Å². The minimum absolute atomic E-state index is 0.251. The Kier molecular flexibility index (Phi) is 5.23. The van der Waals surface area contributed by atoms with Crippen molar-refractivity contribution in [3.05, 3.63) is 90.2 Å². The number of carbonyl (C=O) groups is 1. The highest BCUT2D eigenvalue weighted by Gasteiger charge is 2.20. The first-order chi connectivity index (χ1) is 14.7. The van der Waals surface area contributed by atoms with Gasteiger partial charge in [0, 0.05) is 16.0 Å².